The molecule has 152 valence electrons. The molecule has 7 nitrogen and oxygen atoms in total. The third-order valence-electron chi connectivity index (χ3n) is 4.64. The van der Waals surface area contributed by atoms with E-state index in [2.05, 4.69) is 5.32 Å². The molecule has 1 amide bonds. The Labute approximate surface area is 168 Å². The Kier molecular flexibility index (Phi) is 6.07. The molecule has 3 aromatic rings. The monoisotopic (exact) mass is 396 g/mol. The molecular weight excluding hydrogens is 372 g/mol. The Morgan fingerprint density at radius 3 is 2.48 bits per heavy atom. The van der Waals surface area contributed by atoms with Crippen LogP contribution in [0.5, 0.6) is 17.2 Å². The van der Waals surface area contributed by atoms with Crippen LogP contribution in [0.4, 0.5) is 5.69 Å². The van der Waals surface area contributed by atoms with Crippen LogP contribution in [-0.2, 0) is 11.3 Å². The van der Waals surface area contributed by atoms with Crippen molar-refractivity contribution in [2.24, 2.45) is 0 Å². The number of aryl methyl sites for hydroxylation is 2. The van der Waals surface area contributed by atoms with Crippen molar-refractivity contribution in [2.75, 3.05) is 26.1 Å². The molecule has 1 heterocycles. The number of carbonyl (C=O) groups is 1. The second-order valence-electron chi connectivity index (χ2n) is 6.50. The largest absolute Gasteiger partial charge is 0.493 e. The van der Waals surface area contributed by atoms with Crippen LogP contribution in [0.2, 0.25) is 0 Å². The van der Waals surface area contributed by atoms with Gasteiger partial charge >= 0.3 is 0 Å². The lowest BCUT2D eigenvalue weighted by molar-refractivity contribution is -0.118. The van der Waals surface area contributed by atoms with E-state index >= 15 is 0 Å². The molecule has 0 atom stereocenters. The third-order valence-corrected chi connectivity index (χ3v) is 4.64. The van der Waals surface area contributed by atoms with E-state index in [-0.39, 0.29) is 18.1 Å². The minimum Gasteiger partial charge on any atom is -0.493 e. The fraction of sp³-hybridized carbons (Fsp3) is 0.273. The van der Waals surface area contributed by atoms with Crippen LogP contribution in [0.25, 0.3) is 10.9 Å². The van der Waals surface area contributed by atoms with Gasteiger partial charge in [-0.25, -0.2) is 0 Å². The van der Waals surface area contributed by atoms with Crippen molar-refractivity contribution in [3.63, 3.8) is 0 Å². The van der Waals surface area contributed by atoms with Gasteiger partial charge in [0.2, 0.25) is 0 Å². The zero-order valence-corrected chi connectivity index (χ0v) is 16.9. The fourth-order valence-corrected chi connectivity index (χ4v) is 3.20. The highest BCUT2D eigenvalue weighted by atomic mass is 16.5. The number of hydrogen-bond acceptors (Lipinski definition) is 5. The Hall–Kier alpha value is -3.48. The first-order valence-corrected chi connectivity index (χ1v) is 9.25. The maximum absolute atomic E-state index is 12.3. The lowest BCUT2D eigenvalue weighted by Gasteiger charge is -2.13. The van der Waals surface area contributed by atoms with E-state index in [0.29, 0.717) is 29.5 Å². The molecule has 1 aromatic heterocycles. The average Bonchev–Trinajstić information content (AvgIpc) is 2.72. The number of benzene rings is 2. The number of anilines is 1. The van der Waals surface area contributed by atoms with E-state index in [1.807, 2.05) is 19.9 Å². The highest BCUT2D eigenvalue weighted by molar-refractivity contribution is 5.92. The summed E-state index contributed by atoms with van der Waals surface area (Å²) >= 11 is 0. The first-order valence-electron chi connectivity index (χ1n) is 9.25. The standard InChI is InChI=1S/C22H24N2O5/c1-5-24-18-12-16(7-8-17(18)14(2)10-22(24)26)29-13-21(25)23-15-6-9-19(27-3)20(11-15)28-4/h6-12H,5,13H2,1-4H3,(H,23,25). The second-order valence-corrected chi connectivity index (χ2v) is 6.50. The lowest BCUT2D eigenvalue weighted by atomic mass is 10.1. The van der Waals surface area contributed by atoms with Crippen molar-refractivity contribution in [1.29, 1.82) is 0 Å². The molecule has 0 fully saturated rings. The molecule has 0 saturated carbocycles. The van der Waals surface area contributed by atoms with E-state index < -0.39 is 0 Å². The number of carbonyl (C=O) groups excluding carboxylic acids is 1. The molecule has 1 N–H and O–H groups in total. The zero-order chi connectivity index (χ0) is 21.0. The fourth-order valence-electron chi connectivity index (χ4n) is 3.20. The summed E-state index contributed by atoms with van der Waals surface area (Å²) in [7, 11) is 3.08. The zero-order valence-electron chi connectivity index (χ0n) is 16.9. The normalized spacial score (nSPS) is 10.6. The van der Waals surface area contributed by atoms with Crippen LogP contribution in [0.1, 0.15) is 12.5 Å². The van der Waals surface area contributed by atoms with Gasteiger partial charge in [0.05, 0.1) is 19.7 Å². The molecule has 3 rings (SSSR count). The van der Waals surface area contributed by atoms with Crippen molar-refractivity contribution in [1.82, 2.24) is 4.57 Å². The molecule has 29 heavy (non-hydrogen) atoms. The van der Waals surface area contributed by atoms with Crippen molar-refractivity contribution in [2.45, 2.75) is 20.4 Å². The maximum atomic E-state index is 12.3. The molecule has 0 unspecified atom stereocenters. The first-order chi connectivity index (χ1) is 14.0. The van der Waals surface area contributed by atoms with Gasteiger partial charge in [-0.3, -0.25) is 9.59 Å². The van der Waals surface area contributed by atoms with Gasteiger partial charge in [-0.15, -0.1) is 0 Å². The summed E-state index contributed by atoms with van der Waals surface area (Å²) in [5.41, 5.74) is 2.22. The highest BCUT2D eigenvalue weighted by Crippen LogP contribution is 2.29. The number of methoxy groups -OCH3 is 2. The summed E-state index contributed by atoms with van der Waals surface area (Å²) in [6.07, 6.45) is 0. The van der Waals surface area contributed by atoms with E-state index in [4.69, 9.17) is 14.2 Å². The Bertz CT molecular complexity index is 1100. The minimum absolute atomic E-state index is 0.0548. The molecule has 0 aliphatic heterocycles. The van der Waals surface area contributed by atoms with E-state index in [1.165, 1.54) is 7.11 Å². The molecule has 0 aliphatic carbocycles. The molecule has 0 radical (unpaired) electrons. The summed E-state index contributed by atoms with van der Waals surface area (Å²) in [6.45, 7) is 4.21. The van der Waals surface area contributed by atoms with Crippen molar-refractivity contribution in [3.05, 3.63) is 58.4 Å². The van der Waals surface area contributed by atoms with Crippen molar-refractivity contribution >= 4 is 22.5 Å². The van der Waals surface area contributed by atoms with Gasteiger partial charge in [-0.1, -0.05) is 0 Å². The SMILES string of the molecule is CCn1c(=O)cc(C)c2ccc(OCC(=O)Nc3ccc(OC)c(OC)c3)cc21. The smallest absolute Gasteiger partial charge is 0.262 e. The predicted octanol–water partition coefficient (Wildman–Crippen LogP) is 3.36. The van der Waals surface area contributed by atoms with Gasteiger partial charge in [-0.05, 0) is 43.7 Å². The van der Waals surface area contributed by atoms with E-state index in [1.54, 1.807) is 48.1 Å². The van der Waals surface area contributed by atoms with Crippen LogP contribution in [0.3, 0.4) is 0 Å². The topological polar surface area (TPSA) is 78.8 Å². The van der Waals surface area contributed by atoms with Gasteiger partial charge in [-0.2, -0.15) is 0 Å². The summed E-state index contributed by atoms with van der Waals surface area (Å²) in [4.78, 5) is 24.5. The van der Waals surface area contributed by atoms with E-state index in [9.17, 15) is 9.59 Å². The van der Waals surface area contributed by atoms with Crippen molar-refractivity contribution < 1.29 is 19.0 Å². The highest BCUT2D eigenvalue weighted by Gasteiger charge is 2.10. The van der Waals surface area contributed by atoms with Crippen LogP contribution >= 0.6 is 0 Å². The number of nitrogens with zero attached hydrogens (tertiary/aromatic N) is 1. The summed E-state index contributed by atoms with van der Waals surface area (Å²) < 4.78 is 17.7. The van der Waals surface area contributed by atoms with Gasteiger partial charge in [0.15, 0.2) is 18.1 Å². The quantitative estimate of drug-likeness (QED) is 0.663. The number of pyridine rings is 1. The number of amides is 1. The summed E-state index contributed by atoms with van der Waals surface area (Å²) in [5, 5.41) is 3.74. The molecule has 0 saturated heterocycles. The van der Waals surface area contributed by atoms with Crippen molar-refractivity contribution in [3.8, 4) is 17.2 Å². The average molecular weight is 396 g/mol. The molecular formula is C22H24N2O5. The number of ether oxygens (including phenoxy) is 3. The number of nitrogens with one attached hydrogen (secondary N) is 1. The molecule has 2 aromatic carbocycles. The number of rotatable bonds is 7. The van der Waals surface area contributed by atoms with Crippen LogP contribution in [0.15, 0.2) is 47.3 Å². The van der Waals surface area contributed by atoms with Gasteiger partial charge < -0.3 is 24.1 Å². The minimum atomic E-state index is -0.311. The Morgan fingerprint density at radius 1 is 1.03 bits per heavy atom. The molecule has 7 heteroatoms. The van der Waals surface area contributed by atoms with Gasteiger partial charge in [0, 0.05) is 35.8 Å². The third kappa shape index (κ3) is 4.34. The number of hydrogen-bond donors (Lipinski definition) is 1. The molecule has 0 bridgehead atoms. The number of aromatic nitrogens is 1. The second kappa shape index (κ2) is 8.68. The van der Waals surface area contributed by atoms with Gasteiger partial charge in [0.25, 0.3) is 11.5 Å². The van der Waals surface area contributed by atoms with Crippen LogP contribution in [0, 0.1) is 6.92 Å². The predicted molar refractivity (Wildman–Crippen MR) is 112 cm³/mol. The van der Waals surface area contributed by atoms with Gasteiger partial charge in [0.1, 0.15) is 5.75 Å². The Morgan fingerprint density at radius 2 is 1.79 bits per heavy atom. The molecule has 0 spiro atoms. The Balaban J connectivity index is 1.73. The summed E-state index contributed by atoms with van der Waals surface area (Å²) in [6, 6.07) is 12.2. The number of fused-ring (bicyclic) bond motifs is 1. The van der Waals surface area contributed by atoms with Crippen LogP contribution < -0.4 is 25.1 Å². The molecule has 0 aliphatic rings. The summed E-state index contributed by atoms with van der Waals surface area (Å²) in [5.74, 6) is 1.31. The maximum Gasteiger partial charge on any atom is 0.262 e. The first kappa shape index (κ1) is 20.3. The van der Waals surface area contributed by atoms with E-state index in [0.717, 1.165) is 16.5 Å². The van der Waals surface area contributed by atoms with Crippen LogP contribution in [-0.4, -0.2) is 31.3 Å². The lowest BCUT2D eigenvalue weighted by Crippen LogP contribution is -2.21.